The molecule has 0 radical (unpaired) electrons. The highest BCUT2D eigenvalue weighted by atomic mass is 32.2. The van der Waals surface area contributed by atoms with E-state index in [1.165, 1.54) is 0 Å². The van der Waals surface area contributed by atoms with E-state index in [4.69, 9.17) is 10.9 Å². The van der Waals surface area contributed by atoms with Crippen molar-refractivity contribution < 1.29 is 13.2 Å². The number of amides is 1. The molecule has 0 aliphatic rings. The lowest BCUT2D eigenvalue weighted by Crippen LogP contribution is -2.15. The summed E-state index contributed by atoms with van der Waals surface area (Å²) < 4.78 is 21.8. The summed E-state index contributed by atoms with van der Waals surface area (Å²) in [6.45, 7) is 0.579. The number of unbranched alkanes of at least 4 members (excludes halogenated alkanes) is 1. The van der Waals surface area contributed by atoms with Crippen LogP contribution in [0.4, 0.5) is 5.69 Å². The van der Waals surface area contributed by atoms with E-state index in [1.807, 2.05) is 0 Å². The van der Waals surface area contributed by atoms with E-state index < -0.39 is 10.0 Å². The lowest BCUT2D eigenvalue weighted by Gasteiger charge is -2.06. The Balaban J connectivity index is 2.50. The Bertz CT molecular complexity index is 512. The largest absolute Gasteiger partial charge is 0.330 e. The number of nitrogens with two attached hydrogens (primary N) is 2. The van der Waals surface area contributed by atoms with Crippen LogP contribution in [-0.2, 0) is 20.6 Å². The van der Waals surface area contributed by atoms with Crippen LogP contribution in [0.1, 0.15) is 24.8 Å². The van der Waals surface area contributed by atoms with Crippen LogP contribution >= 0.6 is 0 Å². The Morgan fingerprint density at radius 1 is 1.16 bits per heavy atom. The molecule has 5 N–H and O–H groups in total. The summed E-state index contributed by atoms with van der Waals surface area (Å²) in [4.78, 5) is 11.5. The summed E-state index contributed by atoms with van der Waals surface area (Å²) in [5.74, 6) is -0.287. The highest BCUT2D eigenvalue weighted by molar-refractivity contribution is 7.88. The van der Waals surface area contributed by atoms with Gasteiger partial charge in [-0.15, -0.1) is 0 Å². The molecule has 0 aliphatic carbocycles. The van der Waals surface area contributed by atoms with Crippen LogP contribution in [0.3, 0.4) is 0 Å². The number of sulfonamides is 1. The van der Waals surface area contributed by atoms with Crippen LogP contribution in [-0.4, -0.2) is 20.9 Å². The summed E-state index contributed by atoms with van der Waals surface area (Å²) in [7, 11) is -3.53. The van der Waals surface area contributed by atoms with Crippen molar-refractivity contribution in [3.05, 3.63) is 29.8 Å². The van der Waals surface area contributed by atoms with E-state index in [9.17, 15) is 13.2 Å². The Morgan fingerprint density at radius 2 is 1.79 bits per heavy atom. The molecule has 0 saturated heterocycles. The zero-order valence-corrected chi connectivity index (χ0v) is 11.4. The second kappa shape index (κ2) is 7.22. The third-order valence-electron chi connectivity index (χ3n) is 2.46. The van der Waals surface area contributed by atoms with Crippen molar-refractivity contribution in [1.29, 1.82) is 0 Å². The van der Waals surface area contributed by atoms with Gasteiger partial charge in [0.1, 0.15) is 0 Å². The first kappa shape index (κ1) is 15.6. The fourth-order valence-electron chi connectivity index (χ4n) is 1.57. The molecule has 1 aromatic carbocycles. The molecule has 0 spiro atoms. The maximum atomic E-state index is 11.5. The first-order valence-corrected chi connectivity index (χ1v) is 7.71. The predicted molar refractivity (Wildman–Crippen MR) is 74.8 cm³/mol. The number of rotatable bonds is 7. The van der Waals surface area contributed by atoms with Gasteiger partial charge in [-0.25, -0.2) is 13.6 Å². The molecule has 106 valence electrons. The second-order valence-electron chi connectivity index (χ2n) is 4.30. The Morgan fingerprint density at radius 3 is 2.32 bits per heavy atom. The highest BCUT2D eigenvalue weighted by Crippen LogP contribution is 2.12. The first-order valence-electron chi connectivity index (χ1n) is 6.00. The van der Waals surface area contributed by atoms with Gasteiger partial charge in [0.05, 0.1) is 5.75 Å². The van der Waals surface area contributed by atoms with Crippen molar-refractivity contribution in [2.75, 3.05) is 11.9 Å². The zero-order valence-electron chi connectivity index (χ0n) is 10.6. The molecule has 7 heteroatoms. The van der Waals surface area contributed by atoms with Crippen LogP contribution in [0.25, 0.3) is 0 Å². The Kier molecular flexibility index (Phi) is 5.94. The summed E-state index contributed by atoms with van der Waals surface area (Å²) >= 11 is 0. The maximum Gasteiger partial charge on any atom is 0.224 e. The fraction of sp³-hybridized carbons (Fsp3) is 0.417. The molecule has 1 rings (SSSR count). The topological polar surface area (TPSA) is 115 Å². The van der Waals surface area contributed by atoms with Crippen molar-refractivity contribution in [3.8, 4) is 0 Å². The quantitative estimate of drug-likeness (QED) is 0.634. The normalized spacial score (nSPS) is 11.3. The van der Waals surface area contributed by atoms with Gasteiger partial charge in [-0.3, -0.25) is 4.79 Å². The lowest BCUT2D eigenvalue weighted by molar-refractivity contribution is -0.116. The molecule has 0 bridgehead atoms. The van der Waals surface area contributed by atoms with Gasteiger partial charge in [0.25, 0.3) is 0 Å². The summed E-state index contributed by atoms with van der Waals surface area (Å²) in [5.41, 5.74) is 6.57. The molecule has 0 atom stereocenters. The Labute approximate surface area is 113 Å². The van der Waals surface area contributed by atoms with Crippen LogP contribution in [0.2, 0.25) is 0 Å². The fourth-order valence-corrected chi connectivity index (χ4v) is 2.23. The molecule has 0 aliphatic heterocycles. The molecular weight excluding hydrogens is 266 g/mol. The minimum absolute atomic E-state index is 0.0763. The number of hydrogen-bond donors (Lipinski definition) is 3. The van der Waals surface area contributed by atoms with Crippen LogP contribution in [0.5, 0.6) is 0 Å². The molecule has 0 fully saturated rings. The molecule has 1 amide bonds. The Hall–Kier alpha value is -1.44. The first-order chi connectivity index (χ1) is 8.90. The van der Waals surface area contributed by atoms with Gasteiger partial charge in [0, 0.05) is 12.1 Å². The van der Waals surface area contributed by atoms with E-state index in [-0.39, 0.29) is 11.7 Å². The minimum Gasteiger partial charge on any atom is -0.330 e. The number of hydrogen-bond acceptors (Lipinski definition) is 4. The van der Waals surface area contributed by atoms with Gasteiger partial charge in [0.2, 0.25) is 15.9 Å². The molecule has 6 nitrogen and oxygen atoms in total. The van der Waals surface area contributed by atoms with Gasteiger partial charge < -0.3 is 11.1 Å². The minimum atomic E-state index is -3.53. The van der Waals surface area contributed by atoms with Crippen LogP contribution in [0, 0.1) is 0 Å². The van der Waals surface area contributed by atoms with E-state index in [2.05, 4.69) is 5.32 Å². The van der Waals surface area contributed by atoms with Gasteiger partial charge in [-0.2, -0.15) is 0 Å². The van der Waals surface area contributed by atoms with Crippen LogP contribution in [0.15, 0.2) is 24.3 Å². The molecule has 0 unspecified atom stereocenters. The van der Waals surface area contributed by atoms with Crippen molar-refractivity contribution in [3.63, 3.8) is 0 Å². The predicted octanol–water partition coefficient (Wildman–Crippen LogP) is 0.543. The van der Waals surface area contributed by atoms with Crippen molar-refractivity contribution in [2.45, 2.75) is 25.0 Å². The molecular formula is C12H19N3O3S. The molecule has 0 aromatic heterocycles. The standard InChI is InChI=1S/C12H19N3O3S/c13-8-2-1-3-12(16)15-11-6-4-10(5-7-11)9-19(14,17)18/h4-7H,1-3,8-9,13H2,(H,15,16)(H2,14,17,18). The number of carbonyl (C=O) groups is 1. The van der Waals surface area contributed by atoms with Gasteiger partial charge in [-0.1, -0.05) is 12.1 Å². The SMILES string of the molecule is NCCCCC(=O)Nc1ccc(CS(N)(=O)=O)cc1. The monoisotopic (exact) mass is 285 g/mol. The second-order valence-corrected chi connectivity index (χ2v) is 5.91. The highest BCUT2D eigenvalue weighted by Gasteiger charge is 2.06. The zero-order chi connectivity index (χ0) is 14.3. The summed E-state index contributed by atoms with van der Waals surface area (Å²) in [6, 6.07) is 6.56. The smallest absolute Gasteiger partial charge is 0.224 e. The molecule has 1 aromatic rings. The lowest BCUT2D eigenvalue weighted by atomic mass is 10.2. The van der Waals surface area contributed by atoms with Crippen molar-refractivity contribution in [1.82, 2.24) is 0 Å². The third kappa shape index (κ3) is 6.90. The number of anilines is 1. The molecule has 0 heterocycles. The van der Waals surface area contributed by atoms with Crippen molar-refractivity contribution in [2.24, 2.45) is 10.9 Å². The van der Waals surface area contributed by atoms with Crippen LogP contribution < -0.4 is 16.2 Å². The number of primary sulfonamides is 1. The van der Waals surface area contributed by atoms with E-state index in [0.717, 1.165) is 12.8 Å². The summed E-state index contributed by atoms with van der Waals surface area (Å²) in [6.07, 6.45) is 2.00. The van der Waals surface area contributed by atoms with E-state index in [1.54, 1.807) is 24.3 Å². The van der Waals surface area contributed by atoms with Gasteiger partial charge in [0.15, 0.2) is 0 Å². The van der Waals surface area contributed by atoms with Gasteiger partial charge in [-0.05, 0) is 37.1 Å². The van der Waals surface area contributed by atoms with Crippen molar-refractivity contribution >= 4 is 21.6 Å². The third-order valence-corrected chi connectivity index (χ3v) is 3.20. The summed E-state index contributed by atoms with van der Waals surface area (Å²) in [5, 5.41) is 7.68. The van der Waals surface area contributed by atoms with E-state index in [0.29, 0.717) is 24.2 Å². The molecule has 0 saturated carbocycles. The number of nitrogens with one attached hydrogen (secondary N) is 1. The van der Waals surface area contributed by atoms with E-state index >= 15 is 0 Å². The average Bonchev–Trinajstić information content (AvgIpc) is 2.30. The van der Waals surface area contributed by atoms with Gasteiger partial charge >= 0.3 is 0 Å². The number of carbonyl (C=O) groups excluding carboxylic acids is 1. The molecule has 19 heavy (non-hydrogen) atoms. The number of benzene rings is 1. The average molecular weight is 285 g/mol. The maximum absolute atomic E-state index is 11.5.